The summed E-state index contributed by atoms with van der Waals surface area (Å²) in [7, 11) is 0. The van der Waals surface area contributed by atoms with Crippen molar-refractivity contribution in [2.45, 2.75) is 19.3 Å². The summed E-state index contributed by atoms with van der Waals surface area (Å²) in [6.07, 6.45) is 7.60. The van der Waals surface area contributed by atoms with E-state index in [4.69, 9.17) is 6.42 Å². The van der Waals surface area contributed by atoms with Crippen LogP contribution in [0.15, 0.2) is 0 Å². The molecule has 0 aromatic rings. The summed E-state index contributed by atoms with van der Waals surface area (Å²) in [5.41, 5.74) is 0. The van der Waals surface area contributed by atoms with Gasteiger partial charge in [-0.2, -0.15) is 0 Å². The van der Waals surface area contributed by atoms with E-state index in [2.05, 4.69) is 16.6 Å². The lowest BCUT2D eigenvalue weighted by Gasteiger charge is -2.21. The van der Waals surface area contributed by atoms with E-state index in [1.807, 2.05) is 0 Å². The lowest BCUT2D eigenvalue weighted by Crippen LogP contribution is -2.38. The smallest absolute Gasteiger partial charge is 0.223 e. The van der Waals surface area contributed by atoms with Gasteiger partial charge in [-0.25, -0.2) is 0 Å². The Morgan fingerprint density at radius 2 is 2.23 bits per heavy atom. The van der Waals surface area contributed by atoms with Crippen LogP contribution in [0.25, 0.3) is 0 Å². The Morgan fingerprint density at radius 3 is 2.85 bits per heavy atom. The second kappa shape index (κ2) is 5.60. The zero-order valence-electron chi connectivity index (χ0n) is 7.81. The molecular weight excluding hydrogens is 164 g/mol. The topological polar surface area (TPSA) is 41.1 Å². The second-order valence-electron chi connectivity index (χ2n) is 3.27. The van der Waals surface area contributed by atoms with Crippen LogP contribution in [0.2, 0.25) is 0 Å². The van der Waals surface area contributed by atoms with Gasteiger partial charge in [0.1, 0.15) is 0 Å². The summed E-state index contributed by atoms with van der Waals surface area (Å²) in [5.74, 6) is 2.86. The predicted octanol–water partition coefficient (Wildman–Crippen LogP) is 0.125. The Labute approximate surface area is 79.3 Å². The van der Waals surface area contributed by atoms with Crippen LogP contribution in [0, 0.1) is 18.3 Å². The highest BCUT2D eigenvalue weighted by molar-refractivity contribution is 5.78. The number of amides is 1. The van der Waals surface area contributed by atoms with E-state index < -0.39 is 0 Å². The molecule has 1 aliphatic rings. The van der Waals surface area contributed by atoms with Crippen molar-refractivity contribution < 1.29 is 4.79 Å². The van der Waals surface area contributed by atoms with Crippen molar-refractivity contribution in [2.24, 2.45) is 5.92 Å². The van der Waals surface area contributed by atoms with Crippen LogP contribution < -0.4 is 10.6 Å². The highest BCUT2D eigenvalue weighted by atomic mass is 16.1. The molecule has 1 saturated heterocycles. The average molecular weight is 180 g/mol. The first-order chi connectivity index (χ1) is 6.34. The first-order valence-electron chi connectivity index (χ1n) is 4.76. The van der Waals surface area contributed by atoms with Crippen LogP contribution in [0.4, 0.5) is 0 Å². The number of rotatable bonds is 3. The third kappa shape index (κ3) is 3.47. The molecule has 13 heavy (non-hydrogen) atoms. The van der Waals surface area contributed by atoms with E-state index in [9.17, 15) is 4.79 Å². The third-order valence-electron chi connectivity index (χ3n) is 2.28. The van der Waals surface area contributed by atoms with Crippen LogP contribution in [0.1, 0.15) is 19.3 Å². The molecule has 2 N–H and O–H groups in total. The molecule has 3 heteroatoms. The summed E-state index contributed by atoms with van der Waals surface area (Å²) >= 11 is 0. The largest absolute Gasteiger partial charge is 0.355 e. The van der Waals surface area contributed by atoms with Gasteiger partial charge in [0, 0.05) is 18.9 Å². The fraction of sp³-hybridized carbons (Fsp3) is 0.700. The van der Waals surface area contributed by atoms with E-state index in [-0.39, 0.29) is 11.8 Å². The minimum Gasteiger partial charge on any atom is -0.355 e. The summed E-state index contributed by atoms with van der Waals surface area (Å²) in [6, 6.07) is 0. The van der Waals surface area contributed by atoms with Gasteiger partial charge in [0.25, 0.3) is 0 Å². The van der Waals surface area contributed by atoms with E-state index in [0.29, 0.717) is 13.0 Å². The van der Waals surface area contributed by atoms with Gasteiger partial charge in [-0.1, -0.05) is 0 Å². The van der Waals surface area contributed by atoms with Gasteiger partial charge in [-0.3, -0.25) is 4.79 Å². The second-order valence-corrected chi connectivity index (χ2v) is 3.27. The highest BCUT2D eigenvalue weighted by Gasteiger charge is 2.19. The molecule has 0 bridgehead atoms. The Balaban J connectivity index is 2.18. The number of hydrogen-bond acceptors (Lipinski definition) is 2. The first-order valence-corrected chi connectivity index (χ1v) is 4.76. The number of nitrogens with one attached hydrogen (secondary N) is 2. The fourth-order valence-electron chi connectivity index (χ4n) is 1.49. The fourth-order valence-corrected chi connectivity index (χ4v) is 1.49. The number of hydrogen-bond donors (Lipinski definition) is 2. The first kappa shape index (κ1) is 10.1. The predicted molar refractivity (Wildman–Crippen MR) is 52.1 cm³/mol. The molecule has 1 amide bonds. The van der Waals surface area contributed by atoms with Crippen LogP contribution in [0.3, 0.4) is 0 Å². The molecule has 72 valence electrons. The standard InChI is InChI=1S/C10H16N2O/c1-2-3-6-12-10(13)9-4-7-11-8-5-9/h1,9,11H,3-8H2,(H,12,13). The molecule has 0 aliphatic carbocycles. The minimum atomic E-state index is 0.164. The van der Waals surface area contributed by atoms with Crippen molar-refractivity contribution in [1.29, 1.82) is 0 Å². The molecule has 0 aromatic heterocycles. The number of carbonyl (C=O) groups is 1. The van der Waals surface area contributed by atoms with Crippen LogP contribution >= 0.6 is 0 Å². The van der Waals surface area contributed by atoms with Gasteiger partial charge in [0.2, 0.25) is 5.91 Å². The van der Waals surface area contributed by atoms with Crippen molar-refractivity contribution >= 4 is 5.91 Å². The summed E-state index contributed by atoms with van der Waals surface area (Å²) in [5, 5.41) is 6.07. The maximum Gasteiger partial charge on any atom is 0.223 e. The maximum absolute atomic E-state index is 11.5. The van der Waals surface area contributed by atoms with Crippen molar-refractivity contribution in [3.63, 3.8) is 0 Å². The van der Waals surface area contributed by atoms with Gasteiger partial charge < -0.3 is 10.6 Å². The molecule has 0 atom stereocenters. The van der Waals surface area contributed by atoms with Crippen molar-refractivity contribution in [3.8, 4) is 12.3 Å². The third-order valence-corrected chi connectivity index (χ3v) is 2.28. The number of carbonyl (C=O) groups excluding carboxylic acids is 1. The average Bonchev–Trinajstić information content (AvgIpc) is 2.19. The van der Waals surface area contributed by atoms with Crippen molar-refractivity contribution in [3.05, 3.63) is 0 Å². The summed E-state index contributed by atoms with van der Waals surface area (Å²) in [6.45, 7) is 2.51. The molecule has 0 radical (unpaired) electrons. The lowest BCUT2D eigenvalue weighted by molar-refractivity contribution is -0.125. The Kier molecular flexibility index (Phi) is 4.34. The van der Waals surface area contributed by atoms with Gasteiger partial charge in [0.15, 0.2) is 0 Å². The van der Waals surface area contributed by atoms with Crippen molar-refractivity contribution in [2.75, 3.05) is 19.6 Å². The maximum atomic E-state index is 11.5. The van der Waals surface area contributed by atoms with Crippen molar-refractivity contribution in [1.82, 2.24) is 10.6 Å². The normalized spacial score (nSPS) is 17.8. The molecule has 1 aliphatic heterocycles. The molecule has 0 unspecified atom stereocenters. The lowest BCUT2D eigenvalue weighted by atomic mass is 9.97. The van der Waals surface area contributed by atoms with E-state index in [0.717, 1.165) is 25.9 Å². The quantitative estimate of drug-likeness (QED) is 0.478. The summed E-state index contributed by atoms with van der Waals surface area (Å²) in [4.78, 5) is 11.5. The highest BCUT2D eigenvalue weighted by Crippen LogP contribution is 2.10. The van der Waals surface area contributed by atoms with Gasteiger partial charge >= 0.3 is 0 Å². The molecule has 0 saturated carbocycles. The van der Waals surface area contributed by atoms with Crippen LogP contribution in [-0.2, 0) is 4.79 Å². The zero-order chi connectivity index (χ0) is 9.52. The molecule has 0 spiro atoms. The van der Waals surface area contributed by atoms with Gasteiger partial charge in [-0.05, 0) is 25.9 Å². The van der Waals surface area contributed by atoms with E-state index in [1.54, 1.807) is 0 Å². The summed E-state index contributed by atoms with van der Waals surface area (Å²) < 4.78 is 0. The molecule has 1 fully saturated rings. The van der Waals surface area contributed by atoms with Gasteiger partial charge in [0.05, 0.1) is 0 Å². The monoisotopic (exact) mass is 180 g/mol. The van der Waals surface area contributed by atoms with E-state index >= 15 is 0 Å². The molecule has 1 heterocycles. The van der Waals surface area contributed by atoms with Gasteiger partial charge in [-0.15, -0.1) is 12.3 Å². The number of piperidine rings is 1. The molecular formula is C10H16N2O. The Bertz CT molecular complexity index is 201. The van der Waals surface area contributed by atoms with Crippen LogP contribution in [-0.4, -0.2) is 25.5 Å². The molecule has 0 aromatic carbocycles. The molecule has 1 rings (SSSR count). The van der Waals surface area contributed by atoms with E-state index in [1.165, 1.54) is 0 Å². The molecule has 3 nitrogen and oxygen atoms in total. The Morgan fingerprint density at radius 1 is 1.54 bits per heavy atom. The number of terminal acetylenes is 1. The minimum absolute atomic E-state index is 0.164. The SMILES string of the molecule is C#CCCNC(=O)C1CCNCC1. The van der Waals surface area contributed by atoms with Crippen LogP contribution in [0.5, 0.6) is 0 Å². The zero-order valence-corrected chi connectivity index (χ0v) is 7.81. The Hall–Kier alpha value is -1.01.